The van der Waals surface area contributed by atoms with Crippen molar-refractivity contribution in [2.45, 2.75) is 27.2 Å². The topological polar surface area (TPSA) is 80.6 Å². The molecule has 2 N–H and O–H groups in total. The average Bonchev–Trinajstić information content (AvgIpc) is 3.14. The monoisotopic (exact) mass is 358 g/mol. The number of hydrogen-bond donors (Lipinski definition) is 2. The van der Waals surface area contributed by atoms with E-state index < -0.39 is 0 Å². The van der Waals surface area contributed by atoms with Crippen LogP contribution in [-0.4, -0.2) is 31.6 Å². The number of benzene rings is 1. The first-order valence-electron chi connectivity index (χ1n) is 8.79. The number of nitrogens with one attached hydrogen (secondary N) is 2. The highest BCUT2D eigenvalue weighted by Crippen LogP contribution is 2.18. The van der Waals surface area contributed by atoms with Gasteiger partial charge < -0.3 is 19.8 Å². The highest BCUT2D eigenvalue weighted by Gasteiger charge is 2.12. The summed E-state index contributed by atoms with van der Waals surface area (Å²) in [5.74, 6) is 0.202. The maximum Gasteiger partial charge on any atom is 0.291 e. The second-order valence-electron chi connectivity index (χ2n) is 6.54. The Morgan fingerprint density at radius 2 is 2.00 bits per heavy atom. The lowest BCUT2D eigenvalue weighted by atomic mass is 10.1. The summed E-state index contributed by atoms with van der Waals surface area (Å²) < 4.78 is 10.6. The van der Waals surface area contributed by atoms with Gasteiger partial charge in [0.25, 0.3) is 11.8 Å². The molecule has 0 bridgehead atoms. The molecule has 1 aromatic heterocycles. The molecule has 26 heavy (non-hydrogen) atoms. The molecule has 0 atom stereocenters. The van der Waals surface area contributed by atoms with Crippen LogP contribution in [0.2, 0.25) is 0 Å². The zero-order valence-corrected chi connectivity index (χ0v) is 15.5. The van der Waals surface area contributed by atoms with Crippen LogP contribution in [0.1, 0.15) is 46.7 Å². The number of carbonyl (C=O) groups is 2. The van der Waals surface area contributed by atoms with Crippen LogP contribution in [0.25, 0.3) is 0 Å². The standard InChI is InChI=1S/C20H26N2O4/c1-14(2)13-25-10-5-9-21-19(23)16-8-7-15(3)17(12-16)22-20(24)18-6-4-11-26-18/h4,6-8,11-12,14H,5,9-10,13H2,1-3H3,(H,21,23)(H,22,24). The molecule has 0 saturated carbocycles. The van der Waals surface area contributed by atoms with Gasteiger partial charge in [-0.25, -0.2) is 0 Å². The molecule has 2 aromatic rings. The largest absolute Gasteiger partial charge is 0.459 e. The zero-order chi connectivity index (χ0) is 18.9. The van der Waals surface area contributed by atoms with Crippen LogP contribution in [0.4, 0.5) is 5.69 Å². The fourth-order valence-corrected chi connectivity index (χ4v) is 2.29. The van der Waals surface area contributed by atoms with Crippen LogP contribution < -0.4 is 10.6 Å². The highest BCUT2D eigenvalue weighted by molar-refractivity contribution is 6.03. The molecular weight excluding hydrogens is 332 g/mol. The molecule has 0 unspecified atom stereocenters. The van der Waals surface area contributed by atoms with Gasteiger partial charge in [0.15, 0.2) is 5.76 Å². The Bertz CT molecular complexity index is 723. The Balaban J connectivity index is 1.87. The number of hydrogen-bond acceptors (Lipinski definition) is 4. The summed E-state index contributed by atoms with van der Waals surface area (Å²) in [7, 11) is 0. The summed E-state index contributed by atoms with van der Waals surface area (Å²) in [6.07, 6.45) is 2.20. The lowest BCUT2D eigenvalue weighted by molar-refractivity contribution is 0.0923. The summed E-state index contributed by atoms with van der Waals surface area (Å²) in [6.45, 7) is 7.95. The maximum atomic E-state index is 12.3. The van der Waals surface area contributed by atoms with E-state index in [1.54, 1.807) is 30.3 Å². The van der Waals surface area contributed by atoms with Crippen LogP contribution in [0, 0.1) is 12.8 Å². The second-order valence-corrected chi connectivity index (χ2v) is 6.54. The summed E-state index contributed by atoms with van der Waals surface area (Å²) >= 11 is 0. The summed E-state index contributed by atoms with van der Waals surface area (Å²) in [5, 5.41) is 5.63. The van der Waals surface area contributed by atoms with Crippen molar-refractivity contribution in [1.82, 2.24) is 5.32 Å². The van der Waals surface area contributed by atoms with E-state index in [0.29, 0.717) is 30.3 Å². The van der Waals surface area contributed by atoms with E-state index >= 15 is 0 Å². The minimum Gasteiger partial charge on any atom is -0.459 e. The number of furan rings is 1. The van der Waals surface area contributed by atoms with Gasteiger partial charge >= 0.3 is 0 Å². The van der Waals surface area contributed by atoms with Crippen LogP contribution in [0.3, 0.4) is 0 Å². The fraction of sp³-hybridized carbons (Fsp3) is 0.400. The lowest BCUT2D eigenvalue weighted by Crippen LogP contribution is -2.25. The maximum absolute atomic E-state index is 12.3. The van der Waals surface area contributed by atoms with Gasteiger partial charge in [0, 0.05) is 31.0 Å². The van der Waals surface area contributed by atoms with E-state index in [1.165, 1.54) is 6.26 Å². The summed E-state index contributed by atoms with van der Waals surface area (Å²) in [6, 6.07) is 8.45. The molecule has 140 valence electrons. The van der Waals surface area contributed by atoms with Gasteiger partial charge in [-0.1, -0.05) is 19.9 Å². The zero-order valence-electron chi connectivity index (χ0n) is 15.5. The number of aryl methyl sites for hydroxylation is 1. The van der Waals surface area contributed by atoms with Gasteiger partial charge in [-0.05, 0) is 49.1 Å². The molecule has 2 amide bonds. The van der Waals surface area contributed by atoms with Gasteiger partial charge in [0.05, 0.1) is 6.26 Å². The molecule has 2 rings (SSSR count). The molecular formula is C20H26N2O4. The minimum atomic E-state index is -0.349. The fourth-order valence-electron chi connectivity index (χ4n) is 2.29. The van der Waals surface area contributed by atoms with Crippen molar-refractivity contribution in [2.75, 3.05) is 25.1 Å². The van der Waals surface area contributed by atoms with E-state index in [0.717, 1.165) is 18.6 Å². The first-order chi connectivity index (χ1) is 12.5. The number of anilines is 1. The lowest BCUT2D eigenvalue weighted by Gasteiger charge is -2.11. The van der Waals surface area contributed by atoms with Gasteiger partial charge in [0.1, 0.15) is 0 Å². The van der Waals surface area contributed by atoms with Crippen molar-refractivity contribution in [3.05, 3.63) is 53.5 Å². The van der Waals surface area contributed by atoms with Crippen LogP contribution in [0.5, 0.6) is 0 Å². The third kappa shape index (κ3) is 6.04. The Morgan fingerprint density at radius 1 is 1.19 bits per heavy atom. The van der Waals surface area contributed by atoms with E-state index in [-0.39, 0.29) is 17.6 Å². The molecule has 0 saturated heterocycles. The third-order valence-corrected chi connectivity index (χ3v) is 3.70. The van der Waals surface area contributed by atoms with Crippen molar-refractivity contribution >= 4 is 17.5 Å². The molecule has 0 spiro atoms. The van der Waals surface area contributed by atoms with Gasteiger partial charge in [-0.2, -0.15) is 0 Å². The molecule has 0 fully saturated rings. The van der Waals surface area contributed by atoms with Crippen molar-refractivity contribution in [3.8, 4) is 0 Å². The van der Waals surface area contributed by atoms with Gasteiger partial charge in [-0.15, -0.1) is 0 Å². The molecule has 0 aliphatic heterocycles. The average molecular weight is 358 g/mol. The van der Waals surface area contributed by atoms with Crippen molar-refractivity contribution in [1.29, 1.82) is 0 Å². The minimum absolute atomic E-state index is 0.178. The predicted octanol–water partition coefficient (Wildman–Crippen LogP) is 3.63. The predicted molar refractivity (Wildman–Crippen MR) is 100 cm³/mol. The number of ether oxygens (including phenoxy) is 1. The summed E-state index contributed by atoms with van der Waals surface area (Å²) in [4.78, 5) is 24.4. The van der Waals surface area contributed by atoms with Gasteiger partial charge in [0.2, 0.25) is 0 Å². The molecule has 0 aliphatic carbocycles. The molecule has 1 heterocycles. The summed E-state index contributed by atoms with van der Waals surface area (Å²) in [5.41, 5.74) is 1.94. The van der Waals surface area contributed by atoms with E-state index in [1.807, 2.05) is 6.92 Å². The Kier molecular flexibility index (Phi) is 7.41. The molecule has 6 heteroatoms. The van der Waals surface area contributed by atoms with E-state index in [9.17, 15) is 9.59 Å². The van der Waals surface area contributed by atoms with Crippen molar-refractivity contribution in [2.24, 2.45) is 5.92 Å². The highest BCUT2D eigenvalue weighted by atomic mass is 16.5. The Hall–Kier alpha value is -2.60. The molecule has 0 aliphatic rings. The van der Waals surface area contributed by atoms with Crippen molar-refractivity contribution < 1.29 is 18.7 Å². The Morgan fingerprint density at radius 3 is 2.69 bits per heavy atom. The van der Waals surface area contributed by atoms with Crippen LogP contribution in [-0.2, 0) is 4.74 Å². The molecule has 0 radical (unpaired) electrons. The van der Waals surface area contributed by atoms with E-state index in [2.05, 4.69) is 24.5 Å². The number of amides is 2. The quantitative estimate of drug-likeness (QED) is 0.671. The SMILES string of the molecule is Cc1ccc(C(=O)NCCCOCC(C)C)cc1NC(=O)c1ccco1. The third-order valence-electron chi connectivity index (χ3n) is 3.70. The molecule has 1 aromatic carbocycles. The number of rotatable bonds is 9. The first kappa shape index (κ1) is 19.7. The van der Waals surface area contributed by atoms with Gasteiger partial charge in [-0.3, -0.25) is 9.59 Å². The van der Waals surface area contributed by atoms with Crippen LogP contribution in [0.15, 0.2) is 41.0 Å². The smallest absolute Gasteiger partial charge is 0.291 e. The first-order valence-corrected chi connectivity index (χ1v) is 8.79. The van der Waals surface area contributed by atoms with Crippen molar-refractivity contribution in [3.63, 3.8) is 0 Å². The van der Waals surface area contributed by atoms with Crippen LogP contribution >= 0.6 is 0 Å². The molecule has 6 nitrogen and oxygen atoms in total. The second kappa shape index (κ2) is 9.77. The Labute approximate surface area is 153 Å². The number of carbonyl (C=O) groups excluding carboxylic acids is 2. The normalized spacial score (nSPS) is 10.8. The van der Waals surface area contributed by atoms with E-state index in [4.69, 9.17) is 9.15 Å².